The van der Waals surface area contributed by atoms with Crippen LogP contribution >= 0.6 is 11.6 Å². The number of ether oxygens (including phenoxy) is 1. The molecular formula is C18H21ClN2O2. The minimum atomic E-state index is -0.278. The quantitative estimate of drug-likeness (QED) is 0.826. The van der Waals surface area contributed by atoms with Crippen molar-refractivity contribution in [1.82, 2.24) is 0 Å². The van der Waals surface area contributed by atoms with Gasteiger partial charge in [-0.15, -0.1) is 0 Å². The van der Waals surface area contributed by atoms with Gasteiger partial charge in [-0.2, -0.15) is 0 Å². The van der Waals surface area contributed by atoms with Gasteiger partial charge in [-0.25, -0.2) is 0 Å². The van der Waals surface area contributed by atoms with Gasteiger partial charge in [-0.3, -0.25) is 4.79 Å². The molecule has 0 radical (unpaired) electrons. The maximum Gasteiger partial charge on any atom is 0.262 e. The van der Waals surface area contributed by atoms with Crippen LogP contribution in [-0.4, -0.2) is 12.5 Å². The zero-order valence-corrected chi connectivity index (χ0v) is 14.5. The molecule has 2 aromatic carbocycles. The van der Waals surface area contributed by atoms with Gasteiger partial charge < -0.3 is 15.8 Å². The topological polar surface area (TPSA) is 64.3 Å². The molecule has 0 aromatic heterocycles. The standard InChI is InChI=1S/C18H21ClN2O2/c1-10-6-13(4)18(14(19)7-10)23-9-16(22)21-17-12(3)5-11(2)8-15(17)20/h5-8H,9,20H2,1-4H3,(H,21,22). The van der Waals surface area contributed by atoms with Crippen LogP contribution in [0.2, 0.25) is 5.02 Å². The lowest BCUT2D eigenvalue weighted by Crippen LogP contribution is -2.21. The smallest absolute Gasteiger partial charge is 0.262 e. The summed E-state index contributed by atoms with van der Waals surface area (Å²) < 4.78 is 5.58. The van der Waals surface area contributed by atoms with E-state index in [0.717, 1.165) is 22.3 Å². The van der Waals surface area contributed by atoms with E-state index in [9.17, 15) is 4.79 Å². The molecule has 4 nitrogen and oxygen atoms in total. The molecule has 23 heavy (non-hydrogen) atoms. The van der Waals surface area contributed by atoms with Gasteiger partial charge in [0.05, 0.1) is 16.4 Å². The Bertz CT molecular complexity index is 711. The number of rotatable bonds is 4. The van der Waals surface area contributed by atoms with Crippen molar-refractivity contribution in [1.29, 1.82) is 0 Å². The van der Waals surface area contributed by atoms with Gasteiger partial charge in [0.15, 0.2) is 6.61 Å². The first-order valence-corrected chi connectivity index (χ1v) is 7.72. The van der Waals surface area contributed by atoms with Crippen LogP contribution in [0.5, 0.6) is 5.75 Å². The summed E-state index contributed by atoms with van der Waals surface area (Å²) in [6, 6.07) is 7.56. The fourth-order valence-electron chi connectivity index (χ4n) is 2.57. The number of nitrogens with one attached hydrogen (secondary N) is 1. The summed E-state index contributed by atoms with van der Waals surface area (Å²) in [6.45, 7) is 7.59. The number of aryl methyl sites for hydroxylation is 4. The SMILES string of the molecule is Cc1cc(C)c(NC(=O)COc2c(C)cc(C)cc2Cl)c(N)c1. The van der Waals surface area contributed by atoms with Crippen LogP contribution in [-0.2, 0) is 4.79 Å². The molecule has 0 aliphatic rings. The average molecular weight is 333 g/mol. The molecule has 122 valence electrons. The summed E-state index contributed by atoms with van der Waals surface area (Å²) in [6.07, 6.45) is 0. The molecule has 0 bridgehead atoms. The Morgan fingerprint density at radius 1 is 1.09 bits per heavy atom. The third kappa shape index (κ3) is 4.17. The van der Waals surface area contributed by atoms with E-state index in [2.05, 4.69) is 5.32 Å². The second-order valence-electron chi connectivity index (χ2n) is 5.78. The molecule has 0 saturated heterocycles. The van der Waals surface area contributed by atoms with E-state index >= 15 is 0 Å². The van der Waals surface area contributed by atoms with E-state index in [1.807, 2.05) is 52.0 Å². The van der Waals surface area contributed by atoms with Crippen molar-refractivity contribution in [3.63, 3.8) is 0 Å². The number of halogens is 1. The Morgan fingerprint density at radius 3 is 2.30 bits per heavy atom. The van der Waals surface area contributed by atoms with Crippen molar-refractivity contribution in [3.8, 4) is 5.75 Å². The Morgan fingerprint density at radius 2 is 1.70 bits per heavy atom. The number of carbonyl (C=O) groups is 1. The zero-order chi connectivity index (χ0) is 17.1. The van der Waals surface area contributed by atoms with Crippen molar-refractivity contribution in [2.75, 3.05) is 17.7 Å². The van der Waals surface area contributed by atoms with Crippen LogP contribution < -0.4 is 15.8 Å². The number of hydrogen-bond acceptors (Lipinski definition) is 3. The molecule has 1 amide bonds. The predicted octanol–water partition coefficient (Wildman–Crippen LogP) is 4.17. The van der Waals surface area contributed by atoms with Crippen molar-refractivity contribution in [2.45, 2.75) is 27.7 Å². The third-order valence-electron chi connectivity index (χ3n) is 3.50. The number of amides is 1. The van der Waals surface area contributed by atoms with Gasteiger partial charge in [-0.1, -0.05) is 23.7 Å². The van der Waals surface area contributed by atoms with Gasteiger partial charge in [0.2, 0.25) is 0 Å². The highest BCUT2D eigenvalue weighted by Gasteiger charge is 2.12. The number of carbonyl (C=O) groups excluding carboxylic acids is 1. The van der Waals surface area contributed by atoms with E-state index in [0.29, 0.717) is 22.1 Å². The molecule has 2 rings (SSSR count). The molecular weight excluding hydrogens is 312 g/mol. The summed E-state index contributed by atoms with van der Waals surface area (Å²) in [5, 5.41) is 3.30. The van der Waals surface area contributed by atoms with Crippen LogP contribution in [0.15, 0.2) is 24.3 Å². The zero-order valence-electron chi connectivity index (χ0n) is 13.8. The van der Waals surface area contributed by atoms with Crippen molar-refractivity contribution in [2.24, 2.45) is 0 Å². The summed E-state index contributed by atoms with van der Waals surface area (Å²) in [4.78, 5) is 12.1. The van der Waals surface area contributed by atoms with Crippen LogP contribution in [0, 0.1) is 27.7 Å². The molecule has 5 heteroatoms. The Hall–Kier alpha value is -2.20. The van der Waals surface area contributed by atoms with E-state index in [1.54, 1.807) is 0 Å². The van der Waals surface area contributed by atoms with Crippen molar-refractivity contribution < 1.29 is 9.53 Å². The van der Waals surface area contributed by atoms with E-state index in [-0.39, 0.29) is 12.5 Å². The van der Waals surface area contributed by atoms with Gasteiger partial charge in [0.1, 0.15) is 5.75 Å². The molecule has 0 unspecified atom stereocenters. The molecule has 0 fully saturated rings. The van der Waals surface area contributed by atoms with Crippen LogP contribution in [0.25, 0.3) is 0 Å². The second-order valence-corrected chi connectivity index (χ2v) is 6.18. The molecule has 3 N–H and O–H groups in total. The largest absolute Gasteiger partial charge is 0.482 e. The molecule has 0 aliphatic carbocycles. The fraction of sp³-hybridized carbons (Fsp3) is 0.278. The van der Waals surface area contributed by atoms with Crippen LogP contribution in [0.4, 0.5) is 11.4 Å². The first-order valence-electron chi connectivity index (χ1n) is 7.34. The molecule has 0 spiro atoms. The lowest BCUT2D eigenvalue weighted by molar-refractivity contribution is -0.118. The minimum absolute atomic E-state index is 0.129. The van der Waals surface area contributed by atoms with Gasteiger partial charge in [0.25, 0.3) is 5.91 Å². The number of hydrogen-bond donors (Lipinski definition) is 2. The highest BCUT2D eigenvalue weighted by Crippen LogP contribution is 2.30. The van der Waals surface area contributed by atoms with Crippen LogP contribution in [0.3, 0.4) is 0 Å². The summed E-state index contributed by atoms with van der Waals surface area (Å²) >= 11 is 6.17. The maximum absolute atomic E-state index is 12.1. The van der Waals surface area contributed by atoms with Gasteiger partial charge >= 0.3 is 0 Å². The fourth-order valence-corrected chi connectivity index (χ4v) is 2.95. The number of nitrogen functional groups attached to an aromatic ring is 1. The molecule has 2 aromatic rings. The Labute approximate surface area is 141 Å². The summed E-state index contributed by atoms with van der Waals surface area (Å²) in [5.41, 5.74) is 11.0. The predicted molar refractivity (Wildman–Crippen MR) is 95.4 cm³/mol. The molecule has 0 aliphatic heterocycles. The van der Waals surface area contributed by atoms with Crippen molar-refractivity contribution in [3.05, 3.63) is 51.5 Å². The van der Waals surface area contributed by atoms with Crippen LogP contribution in [0.1, 0.15) is 22.3 Å². The first-order chi connectivity index (χ1) is 10.8. The monoisotopic (exact) mass is 332 g/mol. The lowest BCUT2D eigenvalue weighted by Gasteiger charge is -2.14. The highest BCUT2D eigenvalue weighted by molar-refractivity contribution is 6.32. The molecule has 0 saturated carbocycles. The normalized spacial score (nSPS) is 10.5. The van der Waals surface area contributed by atoms with E-state index in [4.69, 9.17) is 22.1 Å². The Balaban J connectivity index is 2.07. The summed E-state index contributed by atoms with van der Waals surface area (Å²) in [7, 11) is 0. The second kappa shape index (κ2) is 6.92. The van der Waals surface area contributed by atoms with Gasteiger partial charge in [0, 0.05) is 0 Å². The third-order valence-corrected chi connectivity index (χ3v) is 3.78. The average Bonchev–Trinajstić information content (AvgIpc) is 2.41. The van der Waals surface area contributed by atoms with Gasteiger partial charge in [-0.05, 0) is 62.1 Å². The number of anilines is 2. The summed E-state index contributed by atoms with van der Waals surface area (Å²) in [5.74, 6) is 0.251. The highest BCUT2D eigenvalue weighted by atomic mass is 35.5. The minimum Gasteiger partial charge on any atom is -0.482 e. The van der Waals surface area contributed by atoms with Crippen molar-refractivity contribution >= 4 is 28.9 Å². The van der Waals surface area contributed by atoms with E-state index in [1.165, 1.54) is 0 Å². The lowest BCUT2D eigenvalue weighted by atomic mass is 10.1. The Kier molecular flexibility index (Phi) is 5.16. The molecule has 0 heterocycles. The number of nitrogens with two attached hydrogens (primary N) is 1. The maximum atomic E-state index is 12.1. The molecule has 0 atom stereocenters. The first kappa shape index (κ1) is 17.2. The number of benzene rings is 2. The van der Waals surface area contributed by atoms with E-state index < -0.39 is 0 Å².